The summed E-state index contributed by atoms with van der Waals surface area (Å²) >= 11 is 0. The van der Waals surface area contributed by atoms with Gasteiger partial charge in [0.1, 0.15) is 18.5 Å². The van der Waals surface area contributed by atoms with Crippen LogP contribution in [-0.4, -0.2) is 12.7 Å². The van der Waals surface area contributed by atoms with Crippen molar-refractivity contribution in [3.63, 3.8) is 0 Å². The molecule has 0 radical (unpaired) electrons. The van der Waals surface area contributed by atoms with Gasteiger partial charge >= 0.3 is 0 Å². The largest absolute Gasteiger partial charge is 0.487 e. The van der Waals surface area contributed by atoms with Crippen molar-refractivity contribution in [1.29, 1.82) is 0 Å². The van der Waals surface area contributed by atoms with Crippen LogP contribution in [0.2, 0.25) is 0 Å². The van der Waals surface area contributed by atoms with E-state index in [0.717, 1.165) is 17.7 Å². The van der Waals surface area contributed by atoms with Crippen LogP contribution in [0.25, 0.3) is 0 Å². The van der Waals surface area contributed by atoms with Gasteiger partial charge in [-0.25, -0.2) is 4.39 Å². The van der Waals surface area contributed by atoms with Gasteiger partial charge in [0.25, 0.3) is 0 Å². The summed E-state index contributed by atoms with van der Waals surface area (Å²) in [7, 11) is 0. The van der Waals surface area contributed by atoms with Gasteiger partial charge in [-0.15, -0.1) is 0 Å². The second-order valence-electron chi connectivity index (χ2n) is 4.83. The first kappa shape index (κ1) is 12.9. The van der Waals surface area contributed by atoms with Gasteiger partial charge in [-0.3, -0.25) is 0 Å². The zero-order valence-electron chi connectivity index (χ0n) is 11.0. The summed E-state index contributed by atoms with van der Waals surface area (Å²) in [5.41, 5.74) is 7.38. The van der Waals surface area contributed by atoms with E-state index in [2.05, 4.69) is 0 Å². The number of fused-ring (bicyclic) bond motifs is 1. The van der Waals surface area contributed by atoms with Gasteiger partial charge in [-0.1, -0.05) is 24.3 Å². The maximum absolute atomic E-state index is 13.8. The Balaban J connectivity index is 1.61. The van der Waals surface area contributed by atoms with Gasteiger partial charge in [0.15, 0.2) is 11.6 Å². The second-order valence-corrected chi connectivity index (χ2v) is 4.83. The zero-order chi connectivity index (χ0) is 13.9. The molecule has 1 atom stereocenters. The normalized spacial score (nSPS) is 16.6. The van der Waals surface area contributed by atoms with E-state index in [0.29, 0.717) is 13.2 Å². The van der Waals surface area contributed by atoms with Gasteiger partial charge in [0.05, 0.1) is 0 Å². The number of halogens is 1. The Morgan fingerprint density at radius 3 is 2.85 bits per heavy atom. The molecule has 1 unspecified atom stereocenters. The number of ether oxygens (including phenoxy) is 2. The fourth-order valence-corrected chi connectivity index (χ4v) is 2.32. The number of hydrogen-bond acceptors (Lipinski definition) is 3. The van der Waals surface area contributed by atoms with Gasteiger partial charge < -0.3 is 15.2 Å². The fraction of sp³-hybridized carbons (Fsp3) is 0.250. The molecule has 0 saturated carbocycles. The Labute approximate surface area is 117 Å². The van der Waals surface area contributed by atoms with Crippen molar-refractivity contribution in [1.82, 2.24) is 0 Å². The molecule has 2 aromatic carbocycles. The molecule has 3 rings (SSSR count). The van der Waals surface area contributed by atoms with Crippen LogP contribution in [-0.2, 0) is 13.0 Å². The molecule has 1 aliphatic heterocycles. The van der Waals surface area contributed by atoms with Crippen LogP contribution in [0.5, 0.6) is 11.5 Å². The van der Waals surface area contributed by atoms with Crippen LogP contribution in [0.1, 0.15) is 11.1 Å². The van der Waals surface area contributed by atoms with Crippen molar-refractivity contribution in [2.75, 3.05) is 6.61 Å². The molecule has 0 aromatic heterocycles. The summed E-state index contributed by atoms with van der Waals surface area (Å²) in [5.74, 6) is 0.741. The Hall–Kier alpha value is -2.07. The van der Waals surface area contributed by atoms with Crippen molar-refractivity contribution in [2.24, 2.45) is 5.73 Å². The molecule has 2 aromatic rings. The maximum atomic E-state index is 13.8. The Bertz CT molecular complexity index is 590. The highest BCUT2D eigenvalue weighted by atomic mass is 19.1. The van der Waals surface area contributed by atoms with Crippen molar-refractivity contribution in [3.8, 4) is 11.5 Å². The van der Waals surface area contributed by atoms with Crippen molar-refractivity contribution >= 4 is 0 Å². The molecule has 0 spiro atoms. The van der Waals surface area contributed by atoms with E-state index in [9.17, 15) is 4.39 Å². The van der Waals surface area contributed by atoms with Gasteiger partial charge in [-0.2, -0.15) is 0 Å². The highest BCUT2D eigenvalue weighted by molar-refractivity contribution is 5.37. The Morgan fingerprint density at radius 1 is 1.25 bits per heavy atom. The average Bonchev–Trinajstić information content (AvgIpc) is 2.88. The van der Waals surface area contributed by atoms with Crippen molar-refractivity contribution in [2.45, 2.75) is 19.1 Å². The Kier molecular flexibility index (Phi) is 3.56. The highest BCUT2D eigenvalue weighted by Gasteiger charge is 2.23. The molecule has 1 heterocycles. The lowest BCUT2D eigenvalue weighted by Gasteiger charge is -2.13. The standard InChI is InChI=1S/C16H16FNO2/c17-14-7-11(9-18)5-6-16(14)19-10-13-8-12-3-1-2-4-15(12)20-13/h1-7,13H,8-10,18H2. The van der Waals surface area contributed by atoms with E-state index in [1.54, 1.807) is 12.1 Å². The molecule has 3 nitrogen and oxygen atoms in total. The first-order valence-corrected chi connectivity index (χ1v) is 6.62. The van der Waals surface area contributed by atoms with E-state index in [1.807, 2.05) is 24.3 Å². The number of nitrogens with two attached hydrogens (primary N) is 1. The minimum absolute atomic E-state index is 0.0685. The first-order chi connectivity index (χ1) is 9.76. The highest BCUT2D eigenvalue weighted by Crippen LogP contribution is 2.28. The zero-order valence-corrected chi connectivity index (χ0v) is 11.0. The SMILES string of the molecule is NCc1ccc(OCC2Cc3ccccc3O2)c(F)c1. The third kappa shape index (κ3) is 2.60. The third-order valence-corrected chi connectivity index (χ3v) is 3.37. The van der Waals surface area contributed by atoms with Crippen molar-refractivity contribution in [3.05, 3.63) is 59.4 Å². The molecule has 20 heavy (non-hydrogen) atoms. The van der Waals surface area contributed by atoms with E-state index in [4.69, 9.17) is 15.2 Å². The summed E-state index contributed by atoms with van der Waals surface area (Å²) < 4.78 is 25.0. The molecular weight excluding hydrogens is 257 g/mol. The summed E-state index contributed by atoms with van der Waals surface area (Å²) in [6.45, 7) is 0.645. The maximum Gasteiger partial charge on any atom is 0.165 e. The van der Waals surface area contributed by atoms with Crippen molar-refractivity contribution < 1.29 is 13.9 Å². The molecule has 0 fully saturated rings. The molecule has 0 aliphatic carbocycles. The number of hydrogen-bond donors (Lipinski definition) is 1. The number of para-hydroxylation sites is 1. The topological polar surface area (TPSA) is 44.5 Å². The summed E-state index contributed by atoms with van der Waals surface area (Å²) in [6, 6.07) is 12.7. The molecule has 0 amide bonds. The Morgan fingerprint density at radius 2 is 2.10 bits per heavy atom. The second kappa shape index (κ2) is 5.51. The first-order valence-electron chi connectivity index (χ1n) is 6.62. The third-order valence-electron chi connectivity index (χ3n) is 3.37. The minimum atomic E-state index is -0.386. The van der Waals surface area contributed by atoms with Crippen LogP contribution in [0.3, 0.4) is 0 Å². The number of rotatable bonds is 4. The predicted octanol–water partition coefficient (Wildman–Crippen LogP) is 2.67. The van der Waals surface area contributed by atoms with Gasteiger partial charge in [0, 0.05) is 13.0 Å². The van der Waals surface area contributed by atoms with Crippen LogP contribution in [0, 0.1) is 5.82 Å². The monoisotopic (exact) mass is 273 g/mol. The molecule has 1 aliphatic rings. The summed E-state index contributed by atoms with van der Waals surface area (Å²) in [6.07, 6.45) is 0.722. The minimum Gasteiger partial charge on any atom is -0.487 e. The molecule has 104 valence electrons. The average molecular weight is 273 g/mol. The molecule has 0 bridgehead atoms. The van der Waals surface area contributed by atoms with E-state index in [-0.39, 0.29) is 17.7 Å². The van der Waals surface area contributed by atoms with E-state index in [1.165, 1.54) is 11.6 Å². The van der Waals surface area contributed by atoms with Crippen LogP contribution < -0.4 is 15.2 Å². The van der Waals surface area contributed by atoms with Crippen LogP contribution in [0.4, 0.5) is 4.39 Å². The molecular formula is C16H16FNO2. The van der Waals surface area contributed by atoms with Gasteiger partial charge in [-0.05, 0) is 29.3 Å². The lowest BCUT2D eigenvalue weighted by atomic mass is 10.1. The van der Waals surface area contributed by atoms with Crippen LogP contribution in [0.15, 0.2) is 42.5 Å². The number of benzene rings is 2. The predicted molar refractivity (Wildman–Crippen MR) is 74.3 cm³/mol. The molecule has 0 saturated heterocycles. The lowest BCUT2D eigenvalue weighted by Crippen LogP contribution is -2.22. The summed E-state index contributed by atoms with van der Waals surface area (Å²) in [5, 5.41) is 0. The molecule has 2 N–H and O–H groups in total. The van der Waals surface area contributed by atoms with E-state index >= 15 is 0 Å². The summed E-state index contributed by atoms with van der Waals surface area (Å²) in [4.78, 5) is 0. The molecule has 4 heteroatoms. The van der Waals surface area contributed by atoms with Crippen LogP contribution >= 0.6 is 0 Å². The quantitative estimate of drug-likeness (QED) is 0.931. The fourth-order valence-electron chi connectivity index (χ4n) is 2.32. The lowest BCUT2D eigenvalue weighted by molar-refractivity contribution is 0.145. The van der Waals surface area contributed by atoms with Gasteiger partial charge in [0.2, 0.25) is 0 Å². The smallest absolute Gasteiger partial charge is 0.165 e. The van der Waals surface area contributed by atoms with E-state index < -0.39 is 0 Å².